The molecule has 1 aliphatic rings. The third kappa shape index (κ3) is 2.81. The SMILES string of the molecule is CN(C)S(=O)(=O)c1ccc2c(c1)N(C(=O)C(C)(C)N)CC2. The molecular formula is C14H21N3O3S. The standard InChI is InChI=1S/C14H21N3O3S/c1-14(2,15)13(18)17-8-7-10-5-6-11(9-12(10)17)21(19,20)16(3)4/h5-6,9H,7-8,15H2,1-4H3. The van der Waals surface area contributed by atoms with Crippen molar-refractivity contribution in [2.24, 2.45) is 5.73 Å². The number of hydrogen-bond donors (Lipinski definition) is 1. The van der Waals surface area contributed by atoms with Crippen LogP contribution in [0.4, 0.5) is 5.69 Å². The minimum absolute atomic E-state index is 0.181. The van der Waals surface area contributed by atoms with Gasteiger partial charge < -0.3 is 10.6 Å². The summed E-state index contributed by atoms with van der Waals surface area (Å²) in [6.07, 6.45) is 0.708. The van der Waals surface area contributed by atoms with E-state index in [-0.39, 0.29) is 10.8 Å². The van der Waals surface area contributed by atoms with Gasteiger partial charge in [0.05, 0.1) is 10.4 Å². The van der Waals surface area contributed by atoms with Gasteiger partial charge in [0.25, 0.3) is 0 Å². The number of nitrogens with two attached hydrogens (primary N) is 1. The maximum absolute atomic E-state index is 12.4. The Morgan fingerprint density at radius 1 is 1.33 bits per heavy atom. The van der Waals surface area contributed by atoms with Crippen LogP contribution in [0.5, 0.6) is 0 Å². The zero-order valence-corrected chi connectivity index (χ0v) is 13.6. The van der Waals surface area contributed by atoms with E-state index in [1.54, 1.807) is 36.9 Å². The van der Waals surface area contributed by atoms with Crippen LogP contribution in [0.1, 0.15) is 19.4 Å². The largest absolute Gasteiger partial charge is 0.318 e. The van der Waals surface area contributed by atoms with Crippen LogP contribution in [0.2, 0.25) is 0 Å². The van der Waals surface area contributed by atoms with Gasteiger partial charge in [0.2, 0.25) is 15.9 Å². The Labute approximate surface area is 125 Å². The quantitative estimate of drug-likeness (QED) is 0.884. The number of amides is 1. The monoisotopic (exact) mass is 311 g/mol. The van der Waals surface area contributed by atoms with Crippen molar-refractivity contribution in [2.45, 2.75) is 30.7 Å². The fourth-order valence-corrected chi connectivity index (χ4v) is 3.21. The predicted molar refractivity (Wildman–Crippen MR) is 81.6 cm³/mol. The van der Waals surface area contributed by atoms with Crippen molar-refractivity contribution >= 4 is 21.6 Å². The number of sulfonamides is 1. The Hall–Kier alpha value is -1.44. The second-order valence-corrected chi connectivity index (χ2v) is 8.16. The molecule has 0 aromatic heterocycles. The number of anilines is 1. The summed E-state index contributed by atoms with van der Waals surface area (Å²) in [5.74, 6) is -0.208. The first-order chi connectivity index (χ1) is 9.55. The number of fused-ring (bicyclic) bond motifs is 1. The number of carbonyl (C=O) groups is 1. The molecule has 2 N–H and O–H groups in total. The lowest BCUT2D eigenvalue weighted by Gasteiger charge is -2.26. The van der Waals surface area contributed by atoms with Gasteiger partial charge in [-0.1, -0.05) is 6.07 Å². The summed E-state index contributed by atoms with van der Waals surface area (Å²) in [6.45, 7) is 3.82. The summed E-state index contributed by atoms with van der Waals surface area (Å²) in [5.41, 5.74) is 6.49. The molecule has 21 heavy (non-hydrogen) atoms. The van der Waals surface area contributed by atoms with Gasteiger partial charge in [-0.2, -0.15) is 0 Å². The molecule has 116 valence electrons. The topological polar surface area (TPSA) is 83.7 Å². The summed E-state index contributed by atoms with van der Waals surface area (Å²) in [7, 11) is -0.558. The molecule has 6 nitrogen and oxygen atoms in total. The molecule has 0 aliphatic carbocycles. The van der Waals surface area contributed by atoms with Crippen molar-refractivity contribution in [3.05, 3.63) is 23.8 Å². The average molecular weight is 311 g/mol. The summed E-state index contributed by atoms with van der Waals surface area (Å²) in [5, 5.41) is 0. The highest BCUT2D eigenvalue weighted by atomic mass is 32.2. The minimum Gasteiger partial charge on any atom is -0.318 e. The summed E-state index contributed by atoms with van der Waals surface area (Å²) in [4.78, 5) is 14.1. The smallest absolute Gasteiger partial charge is 0.246 e. The van der Waals surface area contributed by atoms with E-state index in [0.717, 1.165) is 9.87 Å². The molecule has 1 amide bonds. The molecule has 0 fully saturated rings. The maximum atomic E-state index is 12.4. The summed E-state index contributed by atoms with van der Waals surface area (Å²) in [6, 6.07) is 4.90. The second-order valence-electron chi connectivity index (χ2n) is 6.01. The molecular weight excluding hydrogens is 290 g/mol. The Bertz CT molecular complexity index is 675. The molecule has 1 aromatic rings. The van der Waals surface area contributed by atoms with Crippen LogP contribution in [-0.2, 0) is 21.2 Å². The zero-order chi connectivity index (χ0) is 16.0. The van der Waals surface area contributed by atoms with Crippen molar-refractivity contribution < 1.29 is 13.2 Å². The highest BCUT2D eigenvalue weighted by Crippen LogP contribution is 2.32. The average Bonchev–Trinajstić information content (AvgIpc) is 2.79. The Kier molecular flexibility index (Phi) is 3.86. The molecule has 0 saturated carbocycles. The van der Waals surface area contributed by atoms with Crippen LogP contribution in [0.15, 0.2) is 23.1 Å². The first-order valence-corrected chi connectivity index (χ1v) is 8.15. The second kappa shape index (κ2) is 5.08. The molecule has 1 aliphatic heterocycles. The zero-order valence-electron chi connectivity index (χ0n) is 12.8. The van der Waals surface area contributed by atoms with Gasteiger partial charge in [0, 0.05) is 26.3 Å². The normalized spacial score (nSPS) is 15.4. The number of rotatable bonds is 3. The summed E-state index contributed by atoms with van der Waals surface area (Å²) >= 11 is 0. The molecule has 0 spiro atoms. The number of hydrogen-bond acceptors (Lipinski definition) is 4. The predicted octanol–water partition coefficient (Wildman–Crippen LogP) is 0.563. The highest BCUT2D eigenvalue weighted by Gasteiger charge is 2.33. The first kappa shape index (κ1) is 15.9. The van der Waals surface area contributed by atoms with Gasteiger partial charge in [0.15, 0.2) is 0 Å². The summed E-state index contributed by atoms with van der Waals surface area (Å²) < 4.78 is 25.6. The van der Waals surface area contributed by atoms with Gasteiger partial charge >= 0.3 is 0 Å². The molecule has 7 heteroatoms. The molecule has 2 rings (SSSR count). The van der Waals surface area contributed by atoms with E-state index in [1.165, 1.54) is 14.1 Å². The Morgan fingerprint density at radius 2 is 1.95 bits per heavy atom. The third-order valence-corrected chi connectivity index (χ3v) is 5.34. The molecule has 1 heterocycles. The van der Waals surface area contributed by atoms with E-state index in [0.29, 0.717) is 18.7 Å². The maximum Gasteiger partial charge on any atom is 0.246 e. The Balaban J connectivity index is 2.48. The molecule has 0 radical (unpaired) electrons. The fraction of sp³-hybridized carbons (Fsp3) is 0.500. The van der Waals surface area contributed by atoms with Gasteiger partial charge in [-0.15, -0.1) is 0 Å². The van der Waals surface area contributed by atoms with Crippen molar-refractivity contribution in [3.63, 3.8) is 0 Å². The molecule has 1 aromatic carbocycles. The van der Waals surface area contributed by atoms with E-state index in [9.17, 15) is 13.2 Å². The highest BCUT2D eigenvalue weighted by molar-refractivity contribution is 7.89. The van der Waals surface area contributed by atoms with Crippen molar-refractivity contribution in [3.8, 4) is 0 Å². The van der Waals surface area contributed by atoms with Crippen molar-refractivity contribution in [1.82, 2.24) is 4.31 Å². The van der Waals surface area contributed by atoms with E-state index in [4.69, 9.17) is 5.73 Å². The van der Waals surface area contributed by atoms with Crippen molar-refractivity contribution in [2.75, 3.05) is 25.5 Å². The molecule has 0 bridgehead atoms. The van der Waals surface area contributed by atoms with Crippen LogP contribution in [0.3, 0.4) is 0 Å². The number of carbonyl (C=O) groups excluding carboxylic acids is 1. The lowest BCUT2D eigenvalue weighted by atomic mass is 10.1. The van der Waals surface area contributed by atoms with E-state index in [1.807, 2.05) is 0 Å². The van der Waals surface area contributed by atoms with Crippen LogP contribution in [0, 0.1) is 0 Å². The molecule has 0 unspecified atom stereocenters. The number of nitrogens with zero attached hydrogens (tertiary/aromatic N) is 2. The van der Waals surface area contributed by atoms with E-state index in [2.05, 4.69) is 0 Å². The minimum atomic E-state index is -3.52. The van der Waals surface area contributed by atoms with Crippen molar-refractivity contribution in [1.29, 1.82) is 0 Å². The lowest BCUT2D eigenvalue weighted by molar-refractivity contribution is -0.122. The van der Waals surface area contributed by atoms with Gasteiger partial charge in [0.1, 0.15) is 0 Å². The Morgan fingerprint density at radius 3 is 2.48 bits per heavy atom. The molecule has 0 saturated heterocycles. The van der Waals surface area contributed by atoms with Crippen LogP contribution >= 0.6 is 0 Å². The van der Waals surface area contributed by atoms with E-state index < -0.39 is 15.6 Å². The van der Waals surface area contributed by atoms with Crippen LogP contribution in [0.25, 0.3) is 0 Å². The van der Waals surface area contributed by atoms with E-state index >= 15 is 0 Å². The lowest BCUT2D eigenvalue weighted by Crippen LogP contribution is -2.50. The van der Waals surface area contributed by atoms with Crippen LogP contribution < -0.4 is 10.6 Å². The molecule has 0 atom stereocenters. The fourth-order valence-electron chi connectivity index (χ4n) is 2.29. The van der Waals surface area contributed by atoms with Gasteiger partial charge in [-0.25, -0.2) is 12.7 Å². The van der Waals surface area contributed by atoms with Gasteiger partial charge in [-0.3, -0.25) is 4.79 Å². The number of benzene rings is 1. The van der Waals surface area contributed by atoms with Gasteiger partial charge in [-0.05, 0) is 38.0 Å². The first-order valence-electron chi connectivity index (χ1n) is 6.71. The third-order valence-electron chi connectivity index (χ3n) is 3.53. The van der Waals surface area contributed by atoms with Crippen LogP contribution in [-0.4, -0.2) is 44.8 Å².